The van der Waals surface area contributed by atoms with Gasteiger partial charge in [-0.3, -0.25) is 23.9 Å². The Morgan fingerprint density at radius 3 is 2.37 bits per heavy atom. The van der Waals surface area contributed by atoms with Crippen molar-refractivity contribution in [2.75, 3.05) is 30.3 Å². The molecule has 3 N–H and O–H groups in total. The molecule has 0 radical (unpaired) electrons. The van der Waals surface area contributed by atoms with E-state index in [0.717, 1.165) is 6.42 Å². The van der Waals surface area contributed by atoms with Crippen LogP contribution in [0, 0.1) is 17.8 Å². The van der Waals surface area contributed by atoms with E-state index in [2.05, 4.69) is 4.98 Å². The average molecular weight is 422 g/mol. The number of carbonyl (C=O) groups excluding carboxylic acids is 2. The lowest BCUT2D eigenvalue weighted by atomic mass is 10.1. The first-order valence-corrected chi connectivity index (χ1v) is 10.8. The van der Waals surface area contributed by atoms with Gasteiger partial charge in [-0.25, -0.2) is 4.79 Å². The van der Waals surface area contributed by atoms with Gasteiger partial charge in [0.25, 0.3) is 5.56 Å². The van der Waals surface area contributed by atoms with Crippen molar-refractivity contribution in [3.8, 4) is 0 Å². The maximum absolute atomic E-state index is 13.4. The van der Waals surface area contributed by atoms with E-state index in [9.17, 15) is 19.2 Å². The van der Waals surface area contributed by atoms with Crippen LogP contribution in [-0.2, 0) is 16.1 Å². The van der Waals surface area contributed by atoms with Crippen LogP contribution in [0.1, 0.15) is 53.9 Å². The molecule has 30 heavy (non-hydrogen) atoms. The largest absolute Gasteiger partial charge is 0.383 e. The first-order valence-electron chi connectivity index (χ1n) is 10.8. The van der Waals surface area contributed by atoms with Gasteiger partial charge in [0.15, 0.2) is 5.69 Å². The van der Waals surface area contributed by atoms with E-state index in [1.54, 1.807) is 4.90 Å². The molecule has 1 aliphatic rings. The standard InChI is InChI=1S/C21H35N5O4/c1-6-7-8-25(20(29)15-9-16(27)24(12-15)10-13(2)3)17-18(22)26(11-14(4)5)21(30)23-19(17)28/h13-15H,6-12,22H2,1-5H3,(H,23,28,30). The summed E-state index contributed by atoms with van der Waals surface area (Å²) in [6, 6.07) is 0. The van der Waals surface area contributed by atoms with Gasteiger partial charge in [-0.15, -0.1) is 0 Å². The van der Waals surface area contributed by atoms with Gasteiger partial charge in [0, 0.05) is 32.6 Å². The van der Waals surface area contributed by atoms with Gasteiger partial charge in [0.2, 0.25) is 11.8 Å². The number of likely N-dealkylation sites (tertiary alicyclic amines) is 1. The monoisotopic (exact) mass is 421 g/mol. The molecule has 2 rings (SSSR count). The van der Waals surface area contributed by atoms with Crippen LogP contribution in [0.4, 0.5) is 11.5 Å². The molecule has 1 aromatic rings. The molecular formula is C21H35N5O4. The van der Waals surface area contributed by atoms with Gasteiger partial charge >= 0.3 is 5.69 Å². The summed E-state index contributed by atoms with van der Waals surface area (Å²) in [7, 11) is 0. The normalized spacial score (nSPS) is 16.7. The van der Waals surface area contributed by atoms with Crippen LogP contribution in [-0.4, -0.2) is 45.9 Å². The first kappa shape index (κ1) is 23.7. The second kappa shape index (κ2) is 9.95. The van der Waals surface area contributed by atoms with Gasteiger partial charge in [0.05, 0.1) is 5.92 Å². The number of amides is 2. The molecule has 1 aliphatic heterocycles. The Kier molecular flexibility index (Phi) is 7.86. The minimum atomic E-state index is -0.676. The van der Waals surface area contributed by atoms with Crippen LogP contribution in [0.5, 0.6) is 0 Å². The number of aromatic amines is 1. The summed E-state index contributed by atoms with van der Waals surface area (Å²) in [4.78, 5) is 56.1. The van der Waals surface area contributed by atoms with E-state index in [-0.39, 0.29) is 35.7 Å². The molecule has 9 heteroatoms. The summed E-state index contributed by atoms with van der Waals surface area (Å²) in [5, 5.41) is 0. The van der Waals surface area contributed by atoms with Gasteiger partial charge < -0.3 is 15.5 Å². The van der Waals surface area contributed by atoms with E-state index in [1.165, 1.54) is 9.47 Å². The molecule has 1 saturated heterocycles. The Labute approximate surface area is 177 Å². The second-order valence-corrected chi connectivity index (χ2v) is 8.93. The van der Waals surface area contributed by atoms with Crippen LogP contribution in [0.25, 0.3) is 0 Å². The number of hydrogen-bond acceptors (Lipinski definition) is 5. The molecule has 1 aromatic heterocycles. The lowest BCUT2D eigenvalue weighted by Crippen LogP contribution is -2.44. The van der Waals surface area contributed by atoms with Crippen LogP contribution in [0.15, 0.2) is 9.59 Å². The fourth-order valence-electron chi connectivity index (χ4n) is 3.81. The molecule has 0 bridgehead atoms. The third-order valence-corrected chi connectivity index (χ3v) is 5.18. The van der Waals surface area contributed by atoms with Gasteiger partial charge in [-0.05, 0) is 18.3 Å². The molecule has 1 atom stereocenters. The zero-order valence-corrected chi connectivity index (χ0v) is 18.7. The highest BCUT2D eigenvalue weighted by molar-refractivity contribution is 6.00. The number of hydrogen-bond donors (Lipinski definition) is 2. The van der Waals surface area contributed by atoms with Crippen LogP contribution in [0.3, 0.4) is 0 Å². The summed E-state index contributed by atoms with van der Waals surface area (Å²) >= 11 is 0. The number of carbonyl (C=O) groups is 2. The van der Waals surface area contributed by atoms with Crippen molar-refractivity contribution >= 4 is 23.3 Å². The number of nitrogens with two attached hydrogens (primary N) is 1. The third kappa shape index (κ3) is 5.31. The number of nitrogens with zero attached hydrogens (tertiary/aromatic N) is 3. The number of nitrogen functional groups attached to an aromatic ring is 1. The number of unbranched alkanes of at least 4 members (excludes halogenated alkanes) is 1. The topological polar surface area (TPSA) is 121 Å². The molecule has 1 fully saturated rings. The Morgan fingerprint density at radius 2 is 1.80 bits per heavy atom. The highest BCUT2D eigenvalue weighted by atomic mass is 16.2. The van der Waals surface area contributed by atoms with Crippen LogP contribution < -0.4 is 21.9 Å². The summed E-state index contributed by atoms with van der Waals surface area (Å²) in [5.41, 5.74) is 4.98. The Hall–Kier alpha value is -2.58. The molecule has 0 aliphatic carbocycles. The van der Waals surface area contributed by atoms with E-state index in [0.29, 0.717) is 38.5 Å². The van der Waals surface area contributed by atoms with Crippen molar-refractivity contribution in [3.63, 3.8) is 0 Å². The highest BCUT2D eigenvalue weighted by Gasteiger charge is 2.38. The molecule has 168 valence electrons. The highest BCUT2D eigenvalue weighted by Crippen LogP contribution is 2.26. The fraction of sp³-hybridized carbons (Fsp3) is 0.714. The SMILES string of the molecule is CCCCN(C(=O)C1CC(=O)N(CC(C)C)C1)c1c(N)n(CC(C)C)c(=O)[nH]c1=O. The third-order valence-electron chi connectivity index (χ3n) is 5.18. The summed E-state index contributed by atoms with van der Waals surface area (Å²) in [5.74, 6) is -0.459. The second-order valence-electron chi connectivity index (χ2n) is 8.93. The number of rotatable bonds is 9. The van der Waals surface area contributed by atoms with Crippen molar-refractivity contribution < 1.29 is 9.59 Å². The van der Waals surface area contributed by atoms with Crippen molar-refractivity contribution in [1.29, 1.82) is 0 Å². The van der Waals surface area contributed by atoms with Crippen molar-refractivity contribution in [2.24, 2.45) is 17.8 Å². The molecule has 0 aromatic carbocycles. The Morgan fingerprint density at radius 1 is 1.17 bits per heavy atom. The zero-order chi connectivity index (χ0) is 22.6. The predicted molar refractivity (Wildman–Crippen MR) is 117 cm³/mol. The summed E-state index contributed by atoms with van der Waals surface area (Å²) in [6.45, 7) is 11.5. The van der Waals surface area contributed by atoms with Crippen molar-refractivity contribution in [2.45, 2.75) is 60.4 Å². The Bertz CT molecular complexity index is 886. The number of anilines is 2. The molecule has 1 unspecified atom stereocenters. The molecule has 0 saturated carbocycles. The maximum atomic E-state index is 13.4. The summed E-state index contributed by atoms with van der Waals surface area (Å²) < 4.78 is 1.30. The van der Waals surface area contributed by atoms with Gasteiger partial charge in [-0.1, -0.05) is 41.0 Å². The van der Waals surface area contributed by atoms with Crippen molar-refractivity contribution in [3.05, 3.63) is 20.8 Å². The molecular weight excluding hydrogens is 386 g/mol. The zero-order valence-electron chi connectivity index (χ0n) is 18.7. The molecule has 2 heterocycles. The van der Waals surface area contributed by atoms with Crippen LogP contribution in [0.2, 0.25) is 0 Å². The number of nitrogens with one attached hydrogen (secondary N) is 1. The van der Waals surface area contributed by atoms with E-state index >= 15 is 0 Å². The average Bonchev–Trinajstić information content (AvgIpc) is 3.00. The van der Waals surface area contributed by atoms with E-state index in [1.807, 2.05) is 34.6 Å². The molecule has 2 amide bonds. The summed E-state index contributed by atoms with van der Waals surface area (Å²) in [6.07, 6.45) is 1.61. The predicted octanol–water partition coefficient (Wildman–Crippen LogP) is 1.41. The fourth-order valence-corrected chi connectivity index (χ4v) is 3.81. The molecule has 9 nitrogen and oxygen atoms in total. The first-order chi connectivity index (χ1) is 14.1. The van der Waals surface area contributed by atoms with E-state index in [4.69, 9.17) is 5.73 Å². The quantitative estimate of drug-likeness (QED) is 0.624. The number of aromatic nitrogens is 2. The lowest BCUT2D eigenvalue weighted by molar-refractivity contribution is -0.128. The maximum Gasteiger partial charge on any atom is 0.330 e. The number of H-pyrrole nitrogens is 1. The van der Waals surface area contributed by atoms with Gasteiger partial charge in [0.1, 0.15) is 5.82 Å². The van der Waals surface area contributed by atoms with Gasteiger partial charge in [-0.2, -0.15) is 0 Å². The van der Waals surface area contributed by atoms with Crippen molar-refractivity contribution in [1.82, 2.24) is 14.5 Å². The smallest absolute Gasteiger partial charge is 0.330 e. The van der Waals surface area contributed by atoms with Crippen LogP contribution >= 0.6 is 0 Å². The lowest BCUT2D eigenvalue weighted by Gasteiger charge is -2.27. The van der Waals surface area contributed by atoms with E-state index < -0.39 is 17.2 Å². The Balaban J connectivity index is 2.43. The minimum absolute atomic E-state index is 0.00320. The molecule has 0 spiro atoms. The minimum Gasteiger partial charge on any atom is -0.383 e.